The topological polar surface area (TPSA) is 47.3 Å². The summed E-state index contributed by atoms with van der Waals surface area (Å²) >= 11 is 6.12. The van der Waals surface area contributed by atoms with Gasteiger partial charge < -0.3 is 4.42 Å². The second-order valence-corrected chi connectivity index (χ2v) is 4.69. The van der Waals surface area contributed by atoms with Crippen molar-refractivity contribution in [3.8, 4) is 11.1 Å². The van der Waals surface area contributed by atoms with E-state index < -0.39 is 5.63 Å². The molecule has 0 saturated carbocycles. The van der Waals surface area contributed by atoms with Crippen LogP contribution in [0.5, 0.6) is 0 Å². The van der Waals surface area contributed by atoms with Crippen LogP contribution in [0, 0.1) is 0 Å². The van der Waals surface area contributed by atoms with Crippen LogP contribution in [0.2, 0.25) is 5.02 Å². The SMILES string of the molecule is O=Cc1c(Cl)c2cc(-c3ccccc3)ccc2oc1=O. The molecule has 0 spiro atoms. The van der Waals surface area contributed by atoms with E-state index in [9.17, 15) is 9.59 Å². The average Bonchev–Trinajstić information content (AvgIpc) is 2.48. The van der Waals surface area contributed by atoms with Gasteiger partial charge in [0.25, 0.3) is 0 Å². The van der Waals surface area contributed by atoms with Crippen LogP contribution >= 0.6 is 11.6 Å². The molecule has 1 heterocycles. The van der Waals surface area contributed by atoms with E-state index in [2.05, 4.69) is 0 Å². The molecule has 0 radical (unpaired) electrons. The Labute approximate surface area is 119 Å². The molecule has 1 aromatic heterocycles. The minimum absolute atomic E-state index is 0.129. The van der Waals surface area contributed by atoms with E-state index in [1.165, 1.54) is 0 Å². The molecule has 3 aromatic rings. The van der Waals surface area contributed by atoms with Crippen molar-refractivity contribution in [1.82, 2.24) is 0 Å². The van der Waals surface area contributed by atoms with E-state index in [4.69, 9.17) is 16.0 Å². The van der Waals surface area contributed by atoms with Crippen LogP contribution in [-0.2, 0) is 0 Å². The number of hydrogen-bond donors (Lipinski definition) is 0. The van der Waals surface area contributed by atoms with Crippen LogP contribution in [0.1, 0.15) is 10.4 Å². The molecular weight excluding hydrogens is 276 g/mol. The summed E-state index contributed by atoms with van der Waals surface area (Å²) in [7, 11) is 0. The van der Waals surface area contributed by atoms with Crippen molar-refractivity contribution in [3.05, 3.63) is 69.5 Å². The van der Waals surface area contributed by atoms with E-state index in [-0.39, 0.29) is 10.6 Å². The molecule has 4 heteroatoms. The number of rotatable bonds is 2. The lowest BCUT2D eigenvalue weighted by molar-refractivity contribution is 0.112. The van der Waals surface area contributed by atoms with Crippen LogP contribution in [0.15, 0.2) is 57.7 Å². The molecule has 20 heavy (non-hydrogen) atoms. The number of aldehydes is 1. The first kappa shape index (κ1) is 12.6. The summed E-state index contributed by atoms with van der Waals surface area (Å²) in [5, 5.41) is 0.679. The monoisotopic (exact) mass is 284 g/mol. The van der Waals surface area contributed by atoms with Crippen molar-refractivity contribution in [3.63, 3.8) is 0 Å². The highest BCUT2D eigenvalue weighted by atomic mass is 35.5. The lowest BCUT2D eigenvalue weighted by atomic mass is 10.0. The smallest absolute Gasteiger partial charge is 0.348 e. The minimum atomic E-state index is -0.718. The summed E-state index contributed by atoms with van der Waals surface area (Å²) in [5.41, 5.74) is 1.45. The highest BCUT2D eigenvalue weighted by molar-refractivity contribution is 6.37. The summed E-state index contributed by atoms with van der Waals surface area (Å²) in [6, 6.07) is 15.1. The van der Waals surface area contributed by atoms with Gasteiger partial charge in [-0.05, 0) is 23.3 Å². The van der Waals surface area contributed by atoms with Gasteiger partial charge in [-0.25, -0.2) is 4.79 Å². The highest BCUT2D eigenvalue weighted by Gasteiger charge is 2.13. The van der Waals surface area contributed by atoms with Crippen LogP contribution < -0.4 is 5.63 Å². The molecular formula is C16H9ClO3. The molecule has 3 nitrogen and oxygen atoms in total. The summed E-state index contributed by atoms with van der Waals surface area (Å²) in [6.07, 6.45) is 0.419. The summed E-state index contributed by atoms with van der Waals surface area (Å²) < 4.78 is 5.08. The van der Waals surface area contributed by atoms with Crippen molar-refractivity contribution < 1.29 is 9.21 Å². The number of carbonyl (C=O) groups excluding carboxylic acids is 1. The van der Waals surface area contributed by atoms with Gasteiger partial charge in [0.2, 0.25) is 0 Å². The fourth-order valence-electron chi connectivity index (χ4n) is 2.09. The standard InChI is InChI=1S/C16H9ClO3/c17-15-12-8-11(10-4-2-1-3-5-10)6-7-14(12)20-16(19)13(15)9-18/h1-9H. The lowest BCUT2D eigenvalue weighted by Crippen LogP contribution is -2.07. The Hall–Kier alpha value is -2.39. The molecule has 0 saturated heterocycles. The molecule has 2 aromatic carbocycles. The van der Waals surface area contributed by atoms with Gasteiger partial charge in [0.05, 0.1) is 5.02 Å². The zero-order valence-corrected chi connectivity index (χ0v) is 11.1. The molecule has 0 amide bonds. The van der Waals surface area contributed by atoms with E-state index in [1.807, 2.05) is 42.5 Å². The van der Waals surface area contributed by atoms with Gasteiger partial charge in [0.1, 0.15) is 11.1 Å². The molecule has 0 aliphatic rings. The fourth-order valence-corrected chi connectivity index (χ4v) is 2.36. The van der Waals surface area contributed by atoms with Gasteiger partial charge >= 0.3 is 5.63 Å². The quantitative estimate of drug-likeness (QED) is 0.529. The maximum absolute atomic E-state index is 11.6. The Morgan fingerprint density at radius 2 is 1.75 bits per heavy atom. The molecule has 0 atom stereocenters. The van der Waals surface area contributed by atoms with Gasteiger partial charge in [-0.1, -0.05) is 48.0 Å². The van der Waals surface area contributed by atoms with Gasteiger partial charge in [-0.15, -0.1) is 0 Å². The molecule has 0 aliphatic heterocycles. The summed E-state index contributed by atoms with van der Waals surface area (Å²) in [4.78, 5) is 22.5. The van der Waals surface area contributed by atoms with Gasteiger partial charge in [0.15, 0.2) is 6.29 Å². The van der Waals surface area contributed by atoms with Crippen molar-refractivity contribution in [2.45, 2.75) is 0 Å². The zero-order valence-electron chi connectivity index (χ0n) is 10.3. The molecule has 3 rings (SSSR count). The van der Waals surface area contributed by atoms with Crippen LogP contribution in [-0.4, -0.2) is 6.29 Å². The van der Waals surface area contributed by atoms with Crippen LogP contribution in [0.3, 0.4) is 0 Å². The van der Waals surface area contributed by atoms with Crippen molar-refractivity contribution in [2.24, 2.45) is 0 Å². The summed E-state index contributed by atoms with van der Waals surface area (Å²) in [5.74, 6) is 0. The third kappa shape index (κ3) is 2.02. The number of fused-ring (bicyclic) bond motifs is 1. The van der Waals surface area contributed by atoms with E-state index in [0.717, 1.165) is 11.1 Å². The summed E-state index contributed by atoms with van der Waals surface area (Å²) in [6.45, 7) is 0. The molecule has 0 unspecified atom stereocenters. The van der Waals surface area contributed by atoms with Gasteiger partial charge in [-0.3, -0.25) is 4.79 Å². The first-order chi connectivity index (χ1) is 9.70. The number of halogens is 1. The van der Waals surface area contributed by atoms with Gasteiger partial charge in [0, 0.05) is 5.39 Å². The second kappa shape index (κ2) is 4.94. The molecule has 0 fully saturated rings. The Morgan fingerprint density at radius 1 is 1.00 bits per heavy atom. The Morgan fingerprint density at radius 3 is 2.45 bits per heavy atom. The van der Waals surface area contributed by atoms with Crippen LogP contribution in [0.4, 0.5) is 0 Å². The fraction of sp³-hybridized carbons (Fsp3) is 0. The van der Waals surface area contributed by atoms with Gasteiger partial charge in [-0.2, -0.15) is 0 Å². The number of benzene rings is 2. The molecule has 0 N–H and O–H groups in total. The third-order valence-electron chi connectivity index (χ3n) is 3.10. The van der Waals surface area contributed by atoms with Crippen molar-refractivity contribution in [2.75, 3.05) is 0 Å². The first-order valence-electron chi connectivity index (χ1n) is 5.97. The molecule has 0 bridgehead atoms. The number of carbonyl (C=O) groups is 1. The van der Waals surface area contributed by atoms with Crippen LogP contribution in [0.25, 0.3) is 22.1 Å². The Bertz CT molecular complexity index is 851. The third-order valence-corrected chi connectivity index (χ3v) is 3.51. The first-order valence-corrected chi connectivity index (χ1v) is 6.35. The normalized spacial score (nSPS) is 10.7. The van der Waals surface area contributed by atoms with Crippen molar-refractivity contribution >= 4 is 28.9 Å². The van der Waals surface area contributed by atoms with E-state index in [1.54, 1.807) is 6.07 Å². The lowest BCUT2D eigenvalue weighted by Gasteiger charge is -2.05. The van der Waals surface area contributed by atoms with Crippen molar-refractivity contribution in [1.29, 1.82) is 0 Å². The Kier molecular flexibility index (Phi) is 3.12. The predicted octanol–water partition coefficient (Wildman–Crippen LogP) is 3.93. The maximum Gasteiger partial charge on any atom is 0.348 e. The van der Waals surface area contributed by atoms with E-state index in [0.29, 0.717) is 17.3 Å². The highest BCUT2D eigenvalue weighted by Crippen LogP contribution is 2.29. The molecule has 98 valence electrons. The van der Waals surface area contributed by atoms with E-state index >= 15 is 0 Å². The average molecular weight is 285 g/mol. The zero-order chi connectivity index (χ0) is 14.1. The number of hydrogen-bond acceptors (Lipinski definition) is 3. The molecule has 0 aliphatic carbocycles. The largest absolute Gasteiger partial charge is 0.422 e. The Balaban J connectivity index is 2.31. The maximum atomic E-state index is 11.6. The second-order valence-electron chi connectivity index (χ2n) is 4.31. The predicted molar refractivity (Wildman–Crippen MR) is 78.3 cm³/mol. The minimum Gasteiger partial charge on any atom is -0.422 e.